The molecular weight excluding hydrogens is 262 g/mol. The number of methoxy groups -OCH3 is 1. The first-order chi connectivity index (χ1) is 10.2. The summed E-state index contributed by atoms with van der Waals surface area (Å²) in [4.78, 5) is 7.10. The Hall–Kier alpha value is -1.13. The number of anilines is 1. The smallest absolute Gasteiger partial charge is 0.131 e. The van der Waals surface area contributed by atoms with Crippen LogP contribution in [0, 0.1) is 12.8 Å². The summed E-state index contributed by atoms with van der Waals surface area (Å²) in [6.07, 6.45) is 6.17. The standard InChI is InChI=1S/C17H27N3O/c1-12-6-7-20(11-16(12)21-3)17-13(2)8-14(10-19-17)9-18-15-4-5-15/h8,10,12,15-16,18H,4-7,9,11H2,1-3H3. The van der Waals surface area contributed by atoms with E-state index in [-0.39, 0.29) is 0 Å². The van der Waals surface area contributed by atoms with E-state index in [4.69, 9.17) is 9.72 Å². The Morgan fingerprint density at radius 1 is 1.38 bits per heavy atom. The molecule has 1 aromatic heterocycles. The molecule has 0 spiro atoms. The zero-order valence-corrected chi connectivity index (χ0v) is 13.4. The third kappa shape index (κ3) is 3.55. The lowest BCUT2D eigenvalue weighted by molar-refractivity contribution is 0.0496. The van der Waals surface area contributed by atoms with E-state index in [9.17, 15) is 0 Å². The summed E-state index contributed by atoms with van der Waals surface area (Å²) in [5.74, 6) is 1.76. The SMILES string of the molecule is COC1CN(c2ncc(CNC3CC3)cc2C)CCC1C. The van der Waals surface area contributed by atoms with Crippen molar-refractivity contribution in [2.75, 3.05) is 25.1 Å². The number of ether oxygens (including phenoxy) is 1. The van der Waals surface area contributed by atoms with Crippen LogP contribution in [0.5, 0.6) is 0 Å². The van der Waals surface area contributed by atoms with Crippen LogP contribution < -0.4 is 10.2 Å². The second kappa shape index (κ2) is 6.32. The number of piperidine rings is 1. The van der Waals surface area contributed by atoms with Gasteiger partial charge in [-0.05, 0) is 49.3 Å². The fraction of sp³-hybridized carbons (Fsp3) is 0.706. The Kier molecular flexibility index (Phi) is 4.45. The lowest BCUT2D eigenvalue weighted by atomic mass is 9.95. The van der Waals surface area contributed by atoms with Crippen LogP contribution >= 0.6 is 0 Å². The highest BCUT2D eigenvalue weighted by Crippen LogP contribution is 2.26. The molecule has 0 radical (unpaired) electrons. The highest BCUT2D eigenvalue weighted by atomic mass is 16.5. The molecule has 2 fully saturated rings. The summed E-state index contributed by atoms with van der Waals surface area (Å²) < 4.78 is 5.61. The Morgan fingerprint density at radius 2 is 2.19 bits per heavy atom. The van der Waals surface area contributed by atoms with Crippen molar-refractivity contribution in [1.82, 2.24) is 10.3 Å². The molecule has 1 aliphatic carbocycles. The van der Waals surface area contributed by atoms with E-state index in [2.05, 4.69) is 30.1 Å². The predicted octanol–water partition coefficient (Wildman–Crippen LogP) is 2.50. The van der Waals surface area contributed by atoms with Crippen molar-refractivity contribution >= 4 is 5.82 Å². The molecule has 2 atom stereocenters. The maximum Gasteiger partial charge on any atom is 0.131 e. The van der Waals surface area contributed by atoms with Crippen molar-refractivity contribution in [3.05, 3.63) is 23.4 Å². The third-order valence-electron chi connectivity index (χ3n) is 4.77. The van der Waals surface area contributed by atoms with Gasteiger partial charge in [-0.3, -0.25) is 0 Å². The average Bonchev–Trinajstić information content (AvgIpc) is 3.30. The van der Waals surface area contributed by atoms with Crippen molar-refractivity contribution in [2.45, 2.75) is 51.8 Å². The first-order valence-corrected chi connectivity index (χ1v) is 8.14. The van der Waals surface area contributed by atoms with E-state index >= 15 is 0 Å². The zero-order chi connectivity index (χ0) is 14.8. The van der Waals surface area contributed by atoms with Crippen LogP contribution in [0.25, 0.3) is 0 Å². The number of nitrogens with one attached hydrogen (secondary N) is 1. The second-order valence-electron chi connectivity index (χ2n) is 6.63. The van der Waals surface area contributed by atoms with Gasteiger partial charge < -0.3 is 15.0 Å². The summed E-state index contributed by atoms with van der Waals surface area (Å²) in [6, 6.07) is 3.02. The van der Waals surface area contributed by atoms with Gasteiger partial charge in [-0.1, -0.05) is 6.92 Å². The lowest BCUT2D eigenvalue weighted by Crippen LogP contribution is -2.44. The Bertz CT molecular complexity index is 487. The maximum absolute atomic E-state index is 5.61. The van der Waals surface area contributed by atoms with E-state index in [0.717, 1.165) is 31.5 Å². The molecule has 2 heterocycles. The van der Waals surface area contributed by atoms with Gasteiger partial charge in [0.05, 0.1) is 6.10 Å². The number of hydrogen-bond donors (Lipinski definition) is 1. The minimum Gasteiger partial charge on any atom is -0.379 e. The zero-order valence-electron chi connectivity index (χ0n) is 13.4. The largest absolute Gasteiger partial charge is 0.379 e. The molecule has 0 amide bonds. The van der Waals surface area contributed by atoms with Gasteiger partial charge >= 0.3 is 0 Å². The van der Waals surface area contributed by atoms with Gasteiger partial charge in [0.15, 0.2) is 0 Å². The summed E-state index contributed by atoms with van der Waals surface area (Å²) in [5.41, 5.74) is 2.56. The van der Waals surface area contributed by atoms with E-state index in [1.54, 1.807) is 0 Å². The molecule has 2 aliphatic rings. The van der Waals surface area contributed by atoms with E-state index < -0.39 is 0 Å². The number of hydrogen-bond acceptors (Lipinski definition) is 4. The van der Waals surface area contributed by atoms with Crippen molar-refractivity contribution in [3.8, 4) is 0 Å². The molecule has 1 saturated carbocycles. The normalized spacial score (nSPS) is 26.1. The summed E-state index contributed by atoms with van der Waals surface area (Å²) in [5, 5.41) is 3.55. The van der Waals surface area contributed by atoms with Gasteiger partial charge in [0.25, 0.3) is 0 Å². The summed E-state index contributed by atoms with van der Waals surface area (Å²) in [6.45, 7) is 7.41. The fourth-order valence-electron chi connectivity index (χ4n) is 3.14. The monoisotopic (exact) mass is 289 g/mol. The number of aromatic nitrogens is 1. The van der Waals surface area contributed by atoms with Crippen LogP contribution in [0.4, 0.5) is 5.82 Å². The summed E-state index contributed by atoms with van der Waals surface area (Å²) >= 11 is 0. The first kappa shape index (κ1) is 14.8. The quantitative estimate of drug-likeness (QED) is 0.904. The Morgan fingerprint density at radius 3 is 2.86 bits per heavy atom. The molecule has 4 nitrogen and oxygen atoms in total. The van der Waals surface area contributed by atoms with Crippen LogP contribution in [-0.4, -0.2) is 37.3 Å². The second-order valence-corrected chi connectivity index (χ2v) is 6.63. The van der Waals surface area contributed by atoms with Crippen LogP contribution in [-0.2, 0) is 11.3 Å². The van der Waals surface area contributed by atoms with Crippen LogP contribution in [0.1, 0.15) is 37.3 Å². The summed E-state index contributed by atoms with van der Waals surface area (Å²) in [7, 11) is 1.82. The molecule has 1 N–H and O–H groups in total. The molecule has 2 unspecified atom stereocenters. The third-order valence-corrected chi connectivity index (χ3v) is 4.77. The van der Waals surface area contributed by atoms with Gasteiger partial charge in [-0.15, -0.1) is 0 Å². The molecule has 1 aliphatic heterocycles. The highest BCUT2D eigenvalue weighted by molar-refractivity contribution is 5.48. The molecule has 1 saturated heterocycles. The lowest BCUT2D eigenvalue weighted by Gasteiger charge is -2.37. The van der Waals surface area contributed by atoms with Crippen molar-refractivity contribution in [2.24, 2.45) is 5.92 Å². The highest BCUT2D eigenvalue weighted by Gasteiger charge is 2.27. The van der Waals surface area contributed by atoms with Gasteiger partial charge in [-0.2, -0.15) is 0 Å². The topological polar surface area (TPSA) is 37.4 Å². The molecule has 21 heavy (non-hydrogen) atoms. The number of aryl methyl sites for hydroxylation is 1. The number of nitrogens with zero attached hydrogens (tertiary/aromatic N) is 2. The first-order valence-electron chi connectivity index (χ1n) is 8.14. The van der Waals surface area contributed by atoms with Crippen LogP contribution in [0.15, 0.2) is 12.3 Å². The average molecular weight is 289 g/mol. The van der Waals surface area contributed by atoms with Crippen molar-refractivity contribution in [1.29, 1.82) is 0 Å². The Balaban J connectivity index is 1.66. The minimum atomic E-state index is 0.316. The minimum absolute atomic E-state index is 0.316. The van der Waals surface area contributed by atoms with E-state index in [1.165, 1.54) is 30.4 Å². The van der Waals surface area contributed by atoms with Gasteiger partial charge in [0, 0.05) is 39.0 Å². The van der Waals surface area contributed by atoms with Gasteiger partial charge in [0.1, 0.15) is 5.82 Å². The molecule has 116 valence electrons. The van der Waals surface area contributed by atoms with Crippen molar-refractivity contribution in [3.63, 3.8) is 0 Å². The van der Waals surface area contributed by atoms with Gasteiger partial charge in [-0.25, -0.2) is 4.98 Å². The Labute approximate surface area is 127 Å². The predicted molar refractivity (Wildman–Crippen MR) is 85.6 cm³/mol. The van der Waals surface area contributed by atoms with Gasteiger partial charge in [0.2, 0.25) is 0 Å². The molecule has 4 heteroatoms. The molecule has 0 aromatic carbocycles. The fourth-order valence-corrected chi connectivity index (χ4v) is 3.14. The van der Waals surface area contributed by atoms with E-state index in [0.29, 0.717) is 12.0 Å². The van der Waals surface area contributed by atoms with Crippen molar-refractivity contribution < 1.29 is 4.74 Å². The van der Waals surface area contributed by atoms with Crippen LogP contribution in [0.3, 0.4) is 0 Å². The maximum atomic E-state index is 5.61. The molecule has 0 bridgehead atoms. The number of pyridine rings is 1. The van der Waals surface area contributed by atoms with Crippen LogP contribution in [0.2, 0.25) is 0 Å². The molecular formula is C17H27N3O. The number of rotatable bonds is 5. The molecule has 3 rings (SSSR count). The van der Waals surface area contributed by atoms with E-state index in [1.807, 2.05) is 13.3 Å². The molecule has 1 aromatic rings.